The molecule has 1 aromatic heterocycles. The van der Waals surface area contributed by atoms with E-state index in [2.05, 4.69) is 9.97 Å². The molecule has 1 heterocycles. The lowest BCUT2D eigenvalue weighted by Crippen LogP contribution is -2.22. The lowest BCUT2D eigenvalue weighted by atomic mass is 10.1. The van der Waals surface area contributed by atoms with Crippen molar-refractivity contribution in [2.45, 2.75) is 13.3 Å². The third kappa shape index (κ3) is 3.45. The number of hydrogen-bond donors (Lipinski definition) is 1. The first kappa shape index (κ1) is 14.3. The number of ether oxygens (including phenoxy) is 1. The highest BCUT2D eigenvalue weighted by molar-refractivity contribution is 6.30. The SMILES string of the molecule is CCOC(=O)c1cnc(Cc2cccc(Cl)c2)[nH]c1=O. The van der Waals surface area contributed by atoms with Gasteiger partial charge in [-0.05, 0) is 24.6 Å². The summed E-state index contributed by atoms with van der Waals surface area (Å²) in [5.74, 6) is -0.208. The molecule has 0 aliphatic carbocycles. The van der Waals surface area contributed by atoms with E-state index < -0.39 is 11.5 Å². The second-order valence-corrected chi connectivity index (χ2v) is 4.54. The Labute approximate surface area is 120 Å². The number of halogens is 1. The minimum atomic E-state index is -0.671. The Kier molecular flexibility index (Phi) is 4.53. The van der Waals surface area contributed by atoms with Crippen molar-refractivity contribution in [2.75, 3.05) is 6.61 Å². The monoisotopic (exact) mass is 292 g/mol. The summed E-state index contributed by atoms with van der Waals surface area (Å²) in [5.41, 5.74) is 0.321. The van der Waals surface area contributed by atoms with Crippen LogP contribution in [0, 0.1) is 0 Å². The second-order valence-electron chi connectivity index (χ2n) is 4.10. The van der Waals surface area contributed by atoms with Crippen LogP contribution in [0.25, 0.3) is 0 Å². The molecule has 0 saturated carbocycles. The summed E-state index contributed by atoms with van der Waals surface area (Å²) in [6.07, 6.45) is 1.66. The number of carbonyl (C=O) groups excluding carboxylic acids is 1. The van der Waals surface area contributed by atoms with Gasteiger partial charge in [0, 0.05) is 17.6 Å². The standard InChI is InChI=1S/C14H13ClN2O3/c1-2-20-14(19)11-8-16-12(17-13(11)18)7-9-4-3-5-10(15)6-9/h3-6,8H,2,7H2,1H3,(H,16,17,18). The Morgan fingerprint density at radius 3 is 2.90 bits per heavy atom. The van der Waals surface area contributed by atoms with Crippen LogP contribution in [0.4, 0.5) is 0 Å². The number of aromatic nitrogens is 2. The van der Waals surface area contributed by atoms with Crippen molar-refractivity contribution in [3.63, 3.8) is 0 Å². The number of hydrogen-bond acceptors (Lipinski definition) is 4. The number of rotatable bonds is 4. The molecule has 2 rings (SSSR count). The molecule has 0 amide bonds. The van der Waals surface area contributed by atoms with Gasteiger partial charge >= 0.3 is 5.97 Å². The number of aromatic amines is 1. The molecule has 2 aromatic rings. The summed E-state index contributed by atoms with van der Waals surface area (Å²) in [7, 11) is 0. The van der Waals surface area contributed by atoms with Crippen molar-refractivity contribution in [2.24, 2.45) is 0 Å². The molecule has 0 aliphatic heterocycles. The largest absolute Gasteiger partial charge is 0.462 e. The van der Waals surface area contributed by atoms with Crippen LogP contribution in [0.1, 0.15) is 28.7 Å². The van der Waals surface area contributed by atoms with E-state index in [1.165, 1.54) is 6.20 Å². The maximum absolute atomic E-state index is 11.8. The Bertz CT molecular complexity index is 682. The summed E-state index contributed by atoms with van der Waals surface area (Å²) in [6, 6.07) is 7.26. The van der Waals surface area contributed by atoms with E-state index in [4.69, 9.17) is 16.3 Å². The molecule has 104 valence electrons. The van der Waals surface area contributed by atoms with E-state index in [-0.39, 0.29) is 12.2 Å². The fourth-order valence-electron chi connectivity index (χ4n) is 1.72. The smallest absolute Gasteiger partial charge is 0.345 e. The lowest BCUT2D eigenvalue weighted by molar-refractivity contribution is 0.0523. The highest BCUT2D eigenvalue weighted by Crippen LogP contribution is 2.12. The van der Waals surface area contributed by atoms with E-state index >= 15 is 0 Å². The van der Waals surface area contributed by atoms with Gasteiger partial charge in [0.05, 0.1) is 6.61 Å². The van der Waals surface area contributed by atoms with Gasteiger partial charge in [-0.2, -0.15) is 0 Å². The summed E-state index contributed by atoms with van der Waals surface area (Å²) in [4.78, 5) is 29.9. The zero-order chi connectivity index (χ0) is 14.5. The van der Waals surface area contributed by atoms with Gasteiger partial charge in [0.15, 0.2) is 0 Å². The molecule has 0 spiro atoms. The van der Waals surface area contributed by atoms with Gasteiger partial charge in [-0.3, -0.25) is 4.79 Å². The van der Waals surface area contributed by atoms with Crippen LogP contribution in [0.2, 0.25) is 5.02 Å². The molecule has 0 saturated heterocycles. The summed E-state index contributed by atoms with van der Waals surface area (Å²) in [6.45, 7) is 1.88. The average Bonchev–Trinajstić information content (AvgIpc) is 2.39. The van der Waals surface area contributed by atoms with Crippen LogP contribution in [0.3, 0.4) is 0 Å². The van der Waals surface area contributed by atoms with Crippen molar-refractivity contribution in [3.05, 3.63) is 62.8 Å². The first-order chi connectivity index (χ1) is 9.60. The van der Waals surface area contributed by atoms with E-state index in [0.29, 0.717) is 17.3 Å². The topological polar surface area (TPSA) is 72.0 Å². The maximum Gasteiger partial charge on any atom is 0.345 e. The molecule has 0 unspecified atom stereocenters. The van der Waals surface area contributed by atoms with E-state index in [0.717, 1.165) is 5.56 Å². The maximum atomic E-state index is 11.8. The average molecular weight is 293 g/mol. The third-order valence-corrected chi connectivity index (χ3v) is 2.84. The fourth-order valence-corrected chi connectivity index (χ4v) is 1.93. The highest BCUT2D eigenvalue weighted by Gasteiger charge is 2.12. The second kappa shape index (κ2) is 6.34. The molecule has 20 heavy (non-hydrogen) atoms. The van der Waals surface area contributed by atoms with E-state index in [1.54, 1.807) is 19.1 Å². The number of H-pyrrole nitrogens is 1. The molecule has 1 N–H and O–H groups in total. The fraction of sp³-hybridized carbons (Fsp3) is 0.214. The normalized spacial score (nSPS) is 10.3. The third-order valence-electron chi connectivity index (χ3n) is 2.61. The zero-order valence-electron chi connectivity index (χ0n) is 10.9. The zero-order valence-corrected chi connectivity index (χ0v) is 11.6. The van der Waals surface area contributed by atoms with Crippen LogP contribution in [0.5, 0.6) is 0 Å². The molecule has 6 heteroatoms. The molecular weight excluding hydrogens is 280 g/mol. The van der Waals surface area contributed by atoms with E-state index in [9.17, 15) is 9.59 Å². The Morgan fingerprint density at radius 2 is 2.25 bits per heavy atom. The molecule has 0 atom stereocenters. The van der Waals surface area contributed by atoms with Crippen molar-refractivity contribution in [1.29, 1.82) is 0 Å². The summed E-state index contributed by atoms with van der Waals surface area (Å²) in [5, 5.41) is 0.619. The molecule has 0 aliphatic rings. The Balaban J connectivity index is 2.21. The van der Waals surface area contributed by atoms with Gasteiger partial charge in [-0.15, -0.1) is 0 Å². The minimum Gasteiger partial charge on any atom is -0.462 e. The Morgan fingerprint density at radius 1 is 1.45 bits per heavy atom. The number of carbonyl (C=O) groups is 1. The molecule has 0 radical (unpaired) electrons. The van der Waals surface area contributed by atoms with E-state index in [1.807, 2.05) is 12.1 Å². The molecular formula is C14H13ClN2O3. The van der Waals surface area contributed by atoms with Crippen molar-refractivity contribution < 1.29 is 9.53 Å². The van der Waals surface area contributed by atoms with Gasteiger partial charge < -0.3 is 9.72 Å². The number of nitrogens with one attached hydrogen (secondary N) is 1. The highest BCUT2D eigenvalue weighted by atomic mass is 35.5. The van der Waals surface area contributed by atoms with Crippen molar-refractivity contribution >= 4 is 17.6 Å². The van der Waals surface area contributed by atoms with Gasteiger partial charge in [-0.25, -0.2) is 9.78 Å². The summed E-state index contributed by atoms with van der Waals surface area (Å²) < 4.78 is 4.77. The predicted octanol–water partition coefficient (Wildman–Crippen LogP) is 2.19. The van der Waals surface area contributed by atoms with Crippen molar-refractivity contribution in [1.82, 2.24) is 9.97 Å². The predicted molar refractivity (Wildman–Crippen MR) is 75.1 cm³/mol. The number of nitrogens with zero attached hydrogens (tertiary/aromatic N) is 1. The van der Waals surface area contributed by atoms with Crippen LogP contribution in [0.15, 0.2) is 35.3 Å². The van der Waals surface area contributed by atoms with Gasteiger partial charge in [0.1, 0.15) is 11.4 Å². The molecule has 5 nitrogen and oxygen atoms in total. The summed E-state index contributed by atoms with van der Waals surface area (Å²) >= 11 is 5.89. The Hall–Kier alpha value is -2.14. The molecule has 0 fully saturated rings. The first-order valence-electron chi connectivity index (χ1n) is 6.10. The number of benzene rings is 1. The van der Waals surface area contributed by atoms with Gasteiger partial charge in [0.2, 0.25) is 0 Å². The van der Waals surface area contributed by atoms with Crippen LogP contribution >= 0.6 is 11.6 Å². The van der Waals surface area contributed by atoms with Gasteiger partial charge in [-0.1, -0.05) is 23.7 Å². The lowest BCUT2D eigenvalue weighted by Gasteiger charge is -2.04. The van der Waals surface area contributed by atoms with Crippen LogP contribution in [-0.4, -0.2) is 22.5 Å². The van der Waals surface area contributed by atoms with Crippen LogP contribution < -0.4 is 5.56 Å². The minimum absolute atomic E-state index is 0.0957. The van der Waals surface area contributed by atoms with Crippen molar-refractivity contribution in [3.8, 4) is 0 Å². The van der Waals surface area contributed by atoms with Crippen LogP contribution in [-0.2, 0) is 11.2 Å². The number of esters is 1. The molecule has 0 bridgehead atoms. The first-order valence-corrected chi connectivity index (χ1v) is 6.47. The molecule has 1 aromatic carbocycles. The quantitative estimate of drug-likeness (QED) is 0.877. The van der Waals surface area contributed by atoms with Gasteiger partial charge in [0.25, 0.3) is 5.56 Å².